The maximum absolute atomic E-state index is 12.3. The monoisotopic (exact) mass is 408 g/mol. The fourth-order valence-corrected chi connectivity index (χ4v) is 2.28. The van der Waals surface area contributed by atoms with E-state index in [2.05, 4.69) is 16.0 Å². The van der Waals surface area contributed by atoms with E-state index in [1.165, 1.54) is 11.8 Å². The number of carbonyl (C=O) groups is 5. The van der Waals surface area contributed by atoms with E-state index in [0.29, 0.717) is 5.75 Å². The molecule has 8 N–H and O–H groups in total. The second-order valence-corrected chi connectivity index (χ2v) is 6.39. The normalized spacial score (nSPS) is 13.7. The van der Waals surface area contributed by atoms with Gasteiger partial charge in [0.05, 0.1) is 13.0 Å². The van der Waals surface area contributed by atoms with Crippen molar-refractivity contribution in [2.75, 3.05) is 25.2 Å². The lowest BCUT2D eigenvalue weighted by Crippen LogP contribution is -2.57. The number of thioether (sulfide) groups is 1. The highest BCUT2D eigenvalue weighted by atomic mass is 32.2. The first kappa shape index (κ1) is 24.6. The van der Waals surface area contributed by atoms with Gasteiger partial charge in [0.2, 0.25) is 17.7 Å². The second kappa shape index (κ2) is 12.9. The maximum atomic E-state index is 12.3. The molecule has 0 saturated carbocycles. The molecule has 27 heavy (non-hydrogen) atoms. The Balaban J connectivity index is 5.15. The zero-order valence-electron chi connectivity index (χ0n) is 14.6. The Kier molecular flexibility index (Phi) is 11.8. The second-order valence-electron chi connectivity index (χ2n) is 5.40. The van der Waals surface area contributed by atoms with Crippen LogP contribution in [0.1, 0.15) is 12.8 Å². The predicted octanol–water partition coefficient (Wildman–Crippen LogP) is -3.30. The molecular weight excluding hydrogens is 384 g/mol. The molecule has 154 valence electrons. The number of nitrogens with one attached hydrogen (secondary N) is 3. The van der Waals surface area contributed by atoms with E-state index in [1.807, 2.05) is 0 Å². The number of hydrogen-bond donors (Lipinski definition) is 7. The summed E-state index contributed by atoms with van der Waals surface area (Å²) in [6.07, 6.45) is 1.14. The molecule has 0 aliphatic heterocycles. The molecule has 0 aromatic rings. The highest BCUT2D eigenvalue weighted by Gasteiger charge is 2.29. The van der Waals surface area contributed by atoms with E-state index in [-0.39, 0.29) is 6.42 Å². The van der Waals surface area contributed by atoms with E-state index < -0.39 is 67.4 Å². The van der Waals surface area contributed by atoms with Crippen molar-refractivity contribution >= 4 is 41.4 Å². The van der Waals surface area contributed by atoms with Gasteiger partial charge >= 0.3 is 11.9 Å². The molecule has 0 bridgehead atoms. The van der Waals surface area contributed by atoms with Gasteiger partial charge in [-0.3, -0.25) is 24.0 Å². The molecule has 0 aliphatic rings. The molecule has 3 amide bonds. The molecule has 3 atom stereocenters. The highest BCUT2D eigenvalue weighted by Crippen LogP contribution is 2.03. The Labute approximate surface area is 159 Å². The van der Waals surface area contributed by atoms with E-state index >= 15 is 0 Å². The number of aliphatic hydroxyl groups excluding tert-OH is 1. The number of amides is 3. The summed E-state index contributed by atoms with van der Waals surface area (Å²) in [4.78, 5) is 57.6. The smallest absolute Gasteiger partial charge is 0.322 e. The first-order valence-electron chi connectivity index (χ1n) is 7.79. The zero-order chi connectivity index (χ0) is 21.0. The third-order valence-corrected chi connectivity index (χ3v) is 3.85. The van der Waals surface area contributed by atoms with Crippen LogP contribution in [0.15, 0.2) is 0 Å². The van der Waals surface area contributed by atoms with E-state index in [4.69, 9.17) is 21.1 Å². The number of carboxylic acid groups (broad SMARTS) is 2. The molecule has 0 aromatic heterocycles. The third kappa shape index (κ3) is 10.4. The van der Waals surface area contributed by atoms with Crippen LogP contribution in [0.3, 0.4) is 0 Å². The summed E-state index contributed by atoms with van der Waals surface area (Å²) in [5, 5.41) is 32.9. The van der Waals surface area contributed by atoms with Gasteiger partial charge in [-0.15, -0.1) is 0 Å². The predicted molar refractivity (Wildman–Crippen MR) is 94.8 cm³/mol. The average molecular weight is 408 g/mol. The van der Waals surface area contributed by atoms with Gasteiger partial charge < -0.3 is 37.0 Å². The fraction of sp³-hybridized carbons (Fsp3) is 0.643. The van der Waals surface area contributed by atoms with Crippen molar-refractivity contribution in [1.29, 1.82) is 0 Å². The van der Waals surface area contributed by atoms with Crippen molar-refractivity contribution in [3.05, 3.63) is 0 Å². The number of nitrogens with two attached hydrogens (primary N) is 1. The zero-order valence-corrected chi connectivity index (χ0v) is 15.5. The first-order valence-corrected chi connectivity index (χ1v) is 9.19. The van der Waals surface area contributed by atoms with Crippen LogP contribution in [-0.2, 0) is 24.0 Å². The van der Waals surface area contributed by atoms with Crippen molar-refractivity contribution in [3.8, 4) is 0 Å². The molecular formula is C14H24N4O8S. The Morgan fingerprint density at radius 3 is 2.04 bits per heavy atom. The van der Waals surface area contributed by atoms with Crippen LogP contribution in [0.25, 0.3) is 0 Å². The number of rotatable bonds is 13. The molecule has 0 aliphatic carbocycles. The van der Waals surface area contributed by atoms with Crippen LogP contribution in [0, 0.1) is 0 Å². The van der Waals surface area contributed by atoms with E-state index in [9.17, 15) is 24.0 Å². The lowest BCUT2D eigenvalue weighted by molar-refractivity contribution is -0.141. The van der Waals surface area contributed by atoms with E-state index in [0.717, 1.165) is 0 Å². The summed E-state index contributed by atoms with van der Waals surface area (Å²) in [6.45, 7) is -1.35. The number of aliphatic carboxylic acids is 2. The topological polar surface area (TPSA) is 208 Å². The Bertz CT molecular complexity index is 559. The molecule has 0 rings (SSSR count). The molecule has 0 heterocycles. The molecule has 3 unspecified atom stereocenters. The van der Waals surface area contributed by atoms with Crippen molar-refractivity contribution < 1.29 is 39.3 Å². The number of hydrogen-bond acceptors (Lipinski definition) is 8. The summed E-state index contributed by atoms with van der Waals surface area (Å²) in [7, 11) is 0. The van der Waals surface area contributed by atoms with Gasteiger partial charge in [-0.2, -0.15) is 11.8 Å². The summed E-state index contributed by atoms with van der Waals surface area (Å²) in [5.41, 5.74) is 5.32. The van der Waals surface area contributed by atoms with Crippen molar-refractivity contribution in [2.24, 2.45) is 5.73 Å². The molecule has 12 nitrogen and oxygen atoms in total. The van der Waals surface area contributed by atoms with Gasteiger partial charge in [0, 0.05) is 0 Å². The van der Waals surface area contributed by atoms with Crippen LogP contribution >= 0.6 is 11.8 Å². The minimum atomic E-state index is -1.53. The van der Waals surface area contributed by atoms with Gasteiger partial charge in [-0.25, -0.2) is 0 Å². The standard InChI is InChI=1S/C14H24N4O8S/c1-27-3-2-8(13(25)16-5-11(22)23)17-14(26)9(4-10(20)21)18-12(24)7(15)6-19/h7-9,19H,2-6,15H2,1H3,(H,16,25)(H,17,26)(H,18,24)(H,20,21)(H,22,23). The molecule has 0 spiro atoms. The Morgan fingerprint density at radius 2 is 1.56 bits per heavy atom. The van der Waals surface area contributed by atoms with Crippen molar-refractivity contribution in [1.82, 2.24) is 16.0 Å². The number of aliphatic hydroxyl groups is 1. The van der Waals surface area contributed by atoms with Gasteiger partial charge in [0.15, 0.2) is 0 Å². The first-order chi connectivity index (χ1) is 12.6. The molecule has 0 saturated heterocycles. The van der Waals surface area contributed by atoms with Crippen LogP contribution in [0.2, 0.25) is 0 Å². The number of carbonyl (C=O) groups excluding carboxylic acids is 3. The van der Waals surface area contributed by atoms with Gasteiger partial charge in [-0.05, 0) is 18.4 Å². The maximum Gasteiger partial charge on any atom is 0.322 e. The Morgan fingerprint density at radius 1 is 0.963 bits per heavy atom. The van der Waals surface area contributed by atoms with Gasteiger partial charge in [0.1, 0.15) is 24.7 Å². The molecule has 13 heteroatoms. The Hall–Kier alpha value is -2.38. The lowest BCUT2D eigenvalue weighted by atomic mass is 10.1. The minimum absolute atomic E-state index is 0.155. The molecule has 0 radical (unpaired) electrons. The van der Waals surface area contributed by atoms with Gasteiger partial charge in [0.25, 0.3) is 0 Å². The molecule has 0 fully saturated rings. The summed E-state index contributed by atoms with van der Waals surface area (Å²) in [5.74, 6) is -4.84. The van der Waals surface area contributed by atoms with Crippen molar-refractivity contribution in [2.45, 2.75) is 31.0 Å². The fourth-order valence-electron chi connectivity index (χ4n) is 1.81. The van der Waals surface area contributed by atoms with Crippen LogP contribution in [0.5, 0.6) is 0 Å². The van der Waals surface area contributed by atoms with Crippen LogP contribution in [0.4, 0.5) is 0 Å². The third-order valence-electron chi connectivity index (χ3n) is 3.20. The molecule has 0 aromatic carbocycles. The number of carboxylic acids is 2. The summed E-state index contributed by atoms with van der Waals surface area (Å²) < 4.78 is 0. The van der Waals surface area contributed by atoms with Gasteiger partial charge in [-0.1, -0.05) is 0 Å². The lowest BCUT2D eigenvalue weighted by Gasteiger charge is -2.23. The highest BCUT2D eigenvalue weighted by molar-refractivity contribution is 7.98. The SMILES string of the molecule is CSCCC(NC(=O)C(CC(=O)O)NC(=O)C(N)CO)C(=O)NCC(=O)O. The largest absolute Gasteiger partial charge is 0.481 e. The average Bonchev–Trinajstić information content (AvgIpc) is 2.60. The van der Waals surface area contributed by atoms with Crippen molar-refractivity contribution in [3.63, 3.8) is 0 Å². The quantitative estimate of drug-likeness (QED) is 0.161. The summed E-state index contributed by atoms with van der Waals surface area (Å²) in [6, 6.07) is -4.00. The minimum Gasteiger partial charge on any atom is -0.481 e. The van der Waals surface area contributed by atoms with E-state index in [1.54, 1.807) is 6.26 Å². The van der Waals surface area contributed by atoms with Crippen LogP contribution in [-0.4, -0.2) is 88.3 Å². The van der Waals surface area contributed by atoms with Crippen LogP contribution < -0.4 is 21.7 Å². The summed E-state index contributed by atoms with van der Waals surface area (Å²) >= 11 is 1.38.